The van der Waals surface area contributed by atoms with Gasteiger partial charge in [0.2, 0.25) is 5.95 Å². The molecule has 0 saturated carbocycles. The molecule has 0 bridgehead atoms. The van der Waals surface area contributed by atoms with Crippen molar-refractivity contribution in [2.45, 2.75) is 39.3 Å². The third-order valence-electron chi connectivity index (χ3n) is 4.65. The molecule has 0 saturated heterocycles. The molecule has 2 aromatic carbocycles. The number of alkyl halides is 3. The highest BCUT2D eigenvalue weighted by Crippen LogP contribution is 2.35. The molecule has 176 valence electrons. The van der Waals surface area contributed by atoms with E-state index in [1.807, 2.05) is 6.92 Å². The maximum atomic E-state index is 13.5. The first-order chi connectivity index (χ1) is 15.9. The average Bonchev–Trinajstić information content (AvgIpc) is 2.79. The van der Waals surface area contributed by atoms with Crippen molar-refractivity contribution in [2.24, 2.45) is 0 Å². The van der Waals surface area contributed by atoms with Gasteiger partial charge in [0.05, 0.1) is 13.2 Å². The molecule has 0 fully saturated rings. The first-order valence-electron chi connectivity index (χ1n) is 10.8. The Bertz CT molecular complexity index is 1010. The van der Waals surface area contributed by atoms with Crippen molar-refractivity contribution in [2.75, 3.05) is 23.8 Å². The van der Waals surface area contributed by atoms with E-state index in [2.05, 4.69) is 27.5 Å². The largest absolute Gasteiger partial charge is 0.494 e. The summed E-state index contributed by atoms with van der Waals surface area (Å²) >= 11 is 0. The summed E-state index contributed by atoms with van der Waals surface area (Å²) in [5.74, 6) is 1.04. The minimum Gasteiger partial charge on any atom is -0.494 e. The molecule has 0 aliphatic carbocycles. The molecule has 0 amide bonds. The Morgan fingerprint density at radius 2 is 1.42 bits per heavy atom. The minimum atomic E-state index is -4.61. The lowest BCUT2D eigenvalue weighted by Gasteiger charge is -2.15. The van der Waals surface area contributed by atoms with Crippen LogP contribution in [-0.2, 0) is 6.18 Å². The number of nitrogens with one attached hydrogen (secondary N) is 2. The van der Waals surface area contributed by atoms with Gasteiger partial charge in [0.1, 0.15) is 22.9 Å². The first kappa shape index (κ1) is 24.2. The van der Waals surface area contributed by atoms with Gasteiger partial charge in [-0.25, -0.2) is 4.98 Å². The number of unbranched alkanes of at least 4 members (excludes halogenated alkanes) is 2. The number of halogens is 3. The molecule has 0 aliphatic rings. The Hall–Kier alpha value is -3.49. The summed E-state index contributed by atoms with van der Waals surface area (Å²) in [4.78, 5) is 7.91. The molecule has 2 N–H and O–H groups in total. The van der Waals surface area contributed by atoms with Gasteiger partial charge in [-0.1, -0.05) is 19.8 Å². The van der Waals surface area contributed by atoms with E-state index in [1.165, 1.54) is 0 Å². The number of rotatable bonds is 11. The van der Waals surface area contributed by atoms with E-state index in [0.29, 0.717) is 30.3 Å². The van der Waals surface area contributed by atoms with Gasteiger partial charge in [0.15, 0.2) is 0 Å². The van der Waals surface area contributed by atoms with Crippen molar-refractivity contribution in [1.29, 1.82) is 0 Å². The molecule has 0 unspecified atom stereocenters. The normalized spacial score (nSPS) is 11.2. The highest BCUT2D eigenvalue weighted by molar-refractivity contribution is 5.63. The van der Waals surface area contributed by atoms with Crippen molar-refractivity contribution < 1.29 is 22.6 Å². The summed E-state index contributed by atoms with van der Waals surface area (Å²) in [6.45, 7) is 5.12. The Balaban J connectivity index is 1.74. The number of anilines is 4. The predicted molar refractivity (Wildman–Crippen MR) is 123 cm³/mol. The Morgan fingerprint density at radius 1 is 0.818 bits per heavy atom. The van der Waals surface area contributed by atoms with Gasteiger partial charge in [0.25, 0.3) is 0 Å². The van der Waals surface area contributed by atoms with Crippen LogP contribution in [0.1, 0.15) is 38.7 Å². The van der Waals surface area contributed by atoms with Gasteiger partial charge in [-0.15, -0.1) is 0 Å². The van der Waals surface area contributed by atoms with Crippen LogP contribution in [0.4, 0.5) is 36.3 Å². The molecule has 0 atom stereocenters. The second-order valence-electron chi connectivity index (χ2n) is 7.24. The van der Waals surface area contributed by atoms with E-state index in [4.69, 9.17) is 9.47 Å². The molecular weight excluding hydrogens is 433 g/mol. The SMILES string of the molecule is CCCCCOc1ccc(Nc2ncc(C(F)(F)F)c(Nc3ccc(OCC)cc3)n2)cc1. The molecule has 3 aromatic rings. The van der Waals surface area contributed by atoms with Crippen LogP contribution < -0.4 is 20.1 Å². The molecule has 9 heteroatoms. The van der Waals surface area contributed by atoms with Crippen molar-refractivity contribution in [3.05, 3.63) is 60.3 Å². The van der Waals surface area contributed by atoms with Gasteiger partial charge in [-0.2, -0.15) is 18.2 Å². The zero-order valence-electron chi connectivity index (χ0n) is 18.6. The summed E-state index contributed by atoms with van der Waals surface area (Å²) in [5.41, 5.74) is 0.110. The number of ether oxygens (including phenoxy) is 2. The van der Waals surface area contributed by atoms with E-state index >= 15 is 0 Å². The van der Waals surface area contributed by atoms with Crippen LogP contribution in [0.2, 0.25) is 0 Å². The van der Waals surface area contributed by atoms with Crippen molar-refractivity contribution in [3.63, 3.8) is 0 Å². The lowest BCUT2D eigenvalue weighted by atomic mass is 10.2. The number of aromatic nitrogens is 2. The third-order valence-corrected chi connectivity index (χ3v) is 4.65. The Kier molecular flexibility index (Phi) is 8.34. The van der Waals surface area contributed by atoms with Gasteiger partial charge in [0, 0.05) is 17.6 Å². The van der Waals surface area contributed by atoms with Crippen molar-refractivity contribution in [1.82, 2.24) is 9.97 Å². The van der Waals surface area contributed by atoms with E-state index in [9.17, 15) is 13.2 Å². The molecular formula is C24H27F3N4O2. The second kappa shape index (κ2) is 11.4. The van der Waals surface area contributed by atoms with E-state index in [0.717, 1.165) is 31.2 Å². The van der Waals surface area contributed by atoms with Crippen LogP contribution in [0.25, 0.3) is 0 Å². The fourth-order valence-electron chi connectivity index (χ4n) is 2.99. The molecule has 0 radical (unpaired) electrons. The zero-order valence-corrected chi connectivity index (χ0v) is 18.6. The quantitative estimate of drug-likeness (QED) is 0.302. The highest BCUT2D eigenvalue weighted by Gasteiger charge is 2.35. The monoisotopic (exact) mass is 460 g/mol. The molecule has 33 heavy (non-hydrogen) atoms. The Labute approximate surface area is 191 Å². The number of hydrogen-bond acceptors (Lipinski definition) is 6. The van der Waals surface area contributed by atoms with E-state index < -0.39 is 11.7 Å². The van der Waals surface area contributed by atoms with E-state index in [-0.39, 0.29) is 11.8 Å². The van der Waals surface area contributed by atoms with Crippen LogP contribution in [0.3, 0.4) is 0 Å². The summed E-state index contributed by atoms with van der Waals surface area (Å²) in [7, 11) is 0. The predicted octanol–water partition coefficient (Wildman–Crippen LogP) is 6.95. The lowest BCUT2D eigenvalue weighted by Crippen LogP contribution is -2.12. The van der Waals surface area contributed by atoms with Crippen LogP contribution in [0.15, 0.2) is 54.7 Å². The fraction of sp³-hybridized carbons (Fsp3) is 0.333. The van der Waals surface area contributed by atoms with Crippen LogP contribution in [0.5, 0.6) is 11.5 Å². The topological polar surface area (TPSA) is 68.3 Å². The number of benzene rings is 2. The van der Waals surface area contributed by atoms with E-state index in [1.54, 1.807) is 48.5 Å². The average molecular weight is 461 g/mol. The standard InChI is InChI=1S/C24H27F3N4O2/c1-3-5-6-15-33-20-13-9-18(10-14-20)30-23-28-16-21(24(25,26)27)22(31-23)29-17-7-11-19(12-8-17)32-4-2/h7-14,16H,3-6,15H2,1-2H3,(H2,28,29,30,31). The first-order valence-corrected chi connectivity index (χ1v) is 10.8. The van der Waals surface area contributed by atoms with Crippen LogP contribution in [0, 0.1) is 0 Å². The zero-order chi connectivity index (χ0) is 23.7. The maximum absolute atomic E-state index is 13.5. The lowest BCUT2D eigenvalue weighted by molar-refractivity contribution is -0.137. The number of hydrogen-bond donors (Lipinski definition) is 2. The Morgan fingerprint density at radius 3 is 2.00 bits per heavy atom. The summed E-state index contributed by atoms with van der Waals surface area (Å²) in [6.07, 6.45) is -0.632. The van der Waals surface area contributed by atoms with Gasteiger partial charge in [-0.05, 0) is 61.9 Å². The minimum absolute atomic E-state index is 0.0352. The molecule has 0 aliphatic heterocycles. The number of nitrogens with zero attached hydrogens (tertiary/aromatic N) is 2. The van der Waals surface area contributed by atoms with Gasteiger partial charge < -0.3 is 20.1 Å². The van der Waals surface area contributed by atoms with Crippen LogP contribution >= 0.6 is 0 Å². The molecule has 6 nitrogen and oxygen atoms in total. The van der Waals surface area contributed by atoms with Crippen molar-refractivity contribution in [3.8, 4) is 11.5 Å². The van der Waals surface area contributed by atoms with Gasteiger partial charge >= 0.3 is 6.18 Å². The van der Waals surface area contributed by atoms with Crippen molar-refractivity contribution >= 4 is 23.1 Å². The molecule has 1 aromatic heterocycles. The summed E-state index contributed by atoms with van der Waals surface area (Å²) < 4.78 is 51.5. The second-order valence-corrected chi connectivity index (χ2v) is 7.24. The van der Waals surface area contributed by atoms with Gasteiger partial charge in [-0.3, -0.25) is 0 Å². The fourth-order valence-corrected chi connectivity index (χ4v) is 2.99. The smallest absolute Gasteiger partial charge is 0.421 e. The summed E-state index contributed by atoms with van der Waals surface area (Å²) in [5, 5.41) is 5.66. The molecule has 3 rings (SSSR count). The highest BCUT2D eigenvalue weighted by atomic mass is 19.4. The maximum Gasteiger partial charge on any atom is 0.421 e. The molecule has 0 spiro atoms. The molecule has 1 heterocycles. The van der Waals surface area contributed by atoms with Crippen LogP contribution in [-0.4, -0.2) is 23.2 Å². The summed E-state index contributed by atoms with van der Waals surface area (Å²) in [6, 6.07) is 13.7. The third kappa shape index (κ3) is 7.27.